The van der Waals surface area contributed by atoms with Crippen LogP contribution < -0.4 is 4.80 Å². The number of aromatic nitrogens is 6. The minimum Gasteiger partial charge on any atom is -0.310 e. The largest absolute Gasteiger partial charge is 0.310 e. The lowest BCUT2D eigenvalue weighted by atomic mass is 10.1. The summed E-state index contributed by atoms with van der Waals surface area (Å²) in [6, 6.07) is 0.200. The monoisotopic (exact) mass is 343 g/mol. The van der Waals surface area contributed by atoms with Gasteiger partial charge in [-0.1, -0.05) is 0 Å². The zero-order valence-electron chi connectivity index (χ0n) is 14.2. The lowest BCUT2D eigenvalue weighted by molar-refractivity contribution is 0.373. The minimum absolute atomic E-state index is 0.200. The molecule has 1 aliphatic rings. The zero-order valence-corrected chi connectivity index (χ0v) is 15.0. The molecular weight excluding hydrogens is 322 g/mol. The summed E-state index contributed by atoms with van der Waals surface area (Å²) in [6.07, 6.45) is 5.97. The van der Waals surface area contributed by atoms with Crippen molar-refractivity contribution in [2.24, 2.45) is 4.99 Å². The molecule has 4 rings (SSSR count). The van der Waals surface area contributed by atoms with E-state index in [4.69, 9.17) is 4.99 Å². The molecule has 4 heterocycles. The summed E-state index contributed by atoms with van der Waals surface area (Å²) in [5.74, 6) is 1.89. The summed E-state index contributed by atoms with van der Waals surface area (Å²) in [5.41, 5.74) is 2.10. The smallest absolute Gasteiger partial charge is 0.190 e. The fourth-order valence-electron chi connectivity index (χ4n) is 3.25. The van der Waals surface area contributed by atoms with Gasteiger partial charge in [-0.25, -0.2) is 14.7 Å². The summed E-state index contributed by atoms with van der Waals surface area (Å²) in [6.45, 7) is 7.96. The van der Waals surface area contributed by atoms with Gasteiger partial charge in [0, 0.05) is 24.2 Å². The van der Waals surface area contributed by atoms with Crippen LogP contribution in [0.2, 0.25) is 0 Å². The highest BCUT2D eigenvalue weighted by Crippen LogP contribution is 2.28. The second-order valence-electron chi connectivity index (χ2n) is 6.09. The molecule has 0 aliphatic carbocycles. The van der Waals surface area contributed by atoms with Gasteiger partial charge in [0.05, 0.1) is 18.4 Å². The van der Waals surface area contributed by atoms with E-state index in [-0.39, 0.29) is 6.04 Å². The van der Waals surface area contributed by atoms with Crippen LogP contribution in [-0.2, 0) is 13.1 Å². The summed E-state index contributed by atoms with van der Waals surface area (Å²) >= 11 is 1.66. The van der Waals surface area contributed by atoms with Crippen LogP contribution in [0.5, 0.6) is 0 Å². The average molecular weight is 343 g/mol. The first-order valence-corrected chi connectivity index (χ1v) is 9.19. The number of hydrogen-bond donors (Lipinski definition) is 0. The van der Waals surface area contributed by atoms with Gasteiger partial charge < -0.3 is 4.57 Å². The van der Waals surface area contributed by atoms with E-state index in [0.29, 0.717) is 0 Å². The quantitative estimate of drug-likeness (QED) is 0.734. The molecule has 0 N–H and O–H groups in total. The van der Waals surface area contributed by atoms with E-state index in [1.807, 2.05) is 28.7 Å². The molecule has 24 heavy (non-hydrogen) atoms. The Hall–Kier alpha value is -2.22. The first kappa shape index (κ1) is 15.3. The Kier molecular flexibility index (Phi) is 3.84. The second-order valence-corrected chi connectivity index (χ2v) is 6.93. The number of rotatable bonds is 3. The van der Waals surface area contributed by atoms with Crippen LogP contribution in [0, 0.1) is 13.8 Å². The van der Waals surface area contributed by atoms with Gasteiger partial charge in [0.25, 0.3) is 0 Å². The third-order valence-corrected chi connectivity index (χ3v) is 5.31. The summed E-state index contributed by atoms with van der Waals surface area (Å²) in [4.78, 5) is 10.5. The molecule has 0 amide bonds. The molecule has 8 heteroatoms. The lowest BCUT2D eigenvalue weighted by Gasteiger charge is -2.24. The minimum atomic E-state index is 0.200. The third-order valence-electron chi connectivity index (χ3n) is 4.35. The molecule has 0 fully saturated rings. The van der Waals surface area contributed by atoms with E-state index < -0.39 is 0 Å². The normalized spacial score (nSPS) is 18.1. The zero-order chi connectivity index (χ0) is 16.7. The van der Waals surface area contributed by atoms with Crippen molar-refractivity contribution in [3.05, 3.63) is 39.9 Å². The van der Waals surface area contributed by atoms with Gasteiger partial charge in [0.2, 0.25) is 0 Å². The molecule has 0 saturated heterocycles. The predicted molar refractivity (Wildman–Crippen MR) is 92.3 cm³/mol. The number of thiazole rings is 1. The maximum atomic E-state index is 4.83. The fraction of sp³-hybridized carbons (Fsp3) is 0.500. The SMILES string of the molecule is CCn1cc(N=c2scc(C)n2C2CCCn3nc(C)nc32)cn1. The van der Waals surface area contributed by atoms with Crippen molar-refractivity contribution in [3.8, 4) is 0 Å². The van der Waals surface area contributed by atoms with E-state index >= 15 is 0 Å². The molecule has 1 atom stereocenters. The van der Waals surface area contributed by atoms with Gasteiger partial charge in [-0.05, 0) is 33.6 Å². The fourth-order valence-corrected chi connectivity index (χ4v) is 4.18. The van der Waals surface area contributed by atoms with Gasteiger partial charge in [-0.3, -0.25) is 4.68 Å². The van der Waals surface area contributed by atoms with E-state index in [0.717, 1.165) is 48.1 Å². The highest BCUT2D eigenvalue weighted by atomic mass is 32.1. The van der Waals surface area contributed by atoms with Gasteiger partial charge >= 0.3 is 0 Å². The third kappa shape index (κ3) is 2.60. The van der Waals surface area contributed by atoms with Crippen LogP contribution in [0.4, 0.5) is 5.69 Å². The van der Waals surface area contributed by atoms with Crippen molar-refractivity contribution in [1.82, 2.24) is 29.1 Å². The Labute approximate surface area is 144 Å². The molecule has 0 bridgehead atoms. The first-order chi connectivity index (χ1) is 11.7. The Morgan fingerprint density at radius 1 is 1.38 bits per heavy atom. The molecule has 3 aromatic heterocycles. The van der Waals surface area contributed by atoms with Crippen molar-refractivity contribution in [2.75, 3.05) is 0 Å². The molecule has 126 valence electrons. The molecule has 1 aliphatic heterocycles. The Morgan fingerprint density at radius 3 is 3.04 bits per heavy atom. The topological polar surface area (TPSA) is 65.8 Å². The molecule has 0 radical (unpaired) electrons. The summed E-state index contributed by atoms with van der Waals surface area (Å²) in [7, 11) is 0. The average Bonchev–Trinajstić information content (AvgIpc) is 3.26. The van der Waals surface area contributed by atoms with Crippen LogP contribution in [0.25, 0.3) is 0 Å². The summed E-state index contributed by atoms with van der Waals surface area (Å²) in [5, 5.41) is 11.0. The Morgan fingerprint density at radius 2 is 2.25 bits per heavy atom. The molecular formula is C16H21N7S. The Balaban J connectivity index is 1.81. The number of fused-ring (bicyclic) bond motifs is 1. The highest BCUT2D eigenvalue weighted by Gasteiger charge is 2.26. The number of hydrogen-bond acceptors (Lipinski definition) is 5. The molecule has 7 nitrogen and oxygen atoms in total. The van der Waals surface area contributed by atoms with Gasteiger partial charge in [-0.2, -0.15) is 10.2 Å². The predicted octanol–water partition coefficient (Wildman–Crippen LogP) is 2.59. The van der Waals surface area contributed by atoms with Crippen LogP contribution in [-0.4, -0.2) is 29.1 Å². The maximum Gasteiger partial charge on any atom is 0.190 e. The van der Waals surface area contributed by atoms with Crippen LogP contribution in [0.1, 0.15) is 43.1 Å². The van der Waals surface area contributed by atoms with E-state index in [2.05, 4.69) is 39.0 Å². The lowest BCUT2D eigenvalue weighted by Crippen LogP contribution is -2.29. The van der Waals surface area contributed by atoms with E-state index in [1.165, 1.54) is 5.69 Å². The number of nitrogens with zero attached hydrogens (tertiary/aromatic N) is 7. The van der Waals surface area contributed by atoms with Crippen LogP contribution in [0.3, 0.4) is 0 Å². The molecule has 0 aromatic carbocycles. The van der Waals surface area contributed by atoms with Crippen LogP contribution in [0.15, 0.2) is 22.8 Å². The molecule has 3 aromatic rings. The number of aryl methyl sites for hydroxylation is 4. The summed E-state index contributed by atoms with van der Waals surface area (Å²) < 4.78 is 6.24. The van der Waals surface area contributed by atoms with Gasteiger partial charge in [-0.15, -0.1) is 11.3 Å². The van der Waals surface area contributed by atoms with E-state index in [9.17, 15) is 0 Å². The Bertz CT molecular complexity index is 927. The van der Waals surface area contributed by atoms with E-state index in [1.54, 1.807) is 11.3 Å². The van der Waals surface area contributed by atoms with Crippen molar-refractivity contribution < 1.29 is 0 Å². The maximum absolute atomic E-state index is 4.83. The standard InChI is InChI=1S/C16H21N7S/c1-4-21-9-13(8-17-21)19-16-23(11(2)10-24-16)14-6-5-7-22-15(14)18-12(3)20-22/h8-10,14H,4-7H2,1-3H3. The van der Waals surface area contributed by atoms with Crippen molar-refractivity contribution >= 4 is 17.0 Å². The molecule has 0 saturated carbocycles. The van der Waals surface area contributed by atoms with Crippen molar-refractivity contribution in [2.45, 2.75) is 52.7 Å². The molecule has 1 unspecified atom stereocenters. The van der Waals surface area contributed by atoms with Crippen molar-refractivity contribution in [1.29, 1.82) is 0 Å². The van der Waals surface area contributed by atoms with Gasteiger partial charge in [0.1, 0.15) is 17.3 Å². The molecule has 0 spiro atoms. The van der Waals surface area contributed by atoms with Crippen molar-refractivity contribution in [3.63, 3.8) is 0 Å². The van der Waals surface area contributed by atoms with Gasteiger partial charge in [0.15, 0.2) is 4.80 Å². The second kappa shape index (κ2) is 6.01. The first-order valence-electron chi connectivity index (χ1n) is 8.31. The highest BCUT2D eigenvalue weighted by molar-refractivity contribution is 7.07. The van der Waals surface area contributed by atoms with Crippen LogP contribution >= 0.6 is 11.3 Å².